The van der Waals surface area contributed by atoms with Gasteiger partial charge in [0, 0.05) is 28.8 Å². The summed E-state index contributed by atoms with van der Waals surface area (Å²) < 4.78 is 7.03. The molecule has 0 saturated carbocycles. The van der Waals surface area contributed by atoms with E-state index < -0.39 is 0 Å². The van der Waals surface area contributed by atoms with Crippen molar-refractivity contribution in [1.82, 2.24) is 5.32 Å². The molecule has 0 spiro atoms. The molecular formula is C17H23NOS. The van der Waals surface area contributed by atoms with Crippen LogP contribution >= 0.6 is 11.3 Å². The number of hydrogen-bond acceptors (Lipinski definition) is 3. The summed E-state index contributed by atoms with van der Waals surface area (Å²) in [6.07, 6.45) is 1.59. The fourth-order valence-corrected chi connectivity index (χ4v) is 4.31. The van der Waals surface area contributed by atoms with Gasteiger partial charge >= 0.3 is 0 Å². The zero-order valence-electron chi connectivity index (χ0n) is 12.5. The minimum atomic E-state index is 0.401. The lowest BCUT2D eigenvalue weighted by molar-refractivity contribution is 0.105. The van der Waals surface area contributed by atoms with Crippen LogP contribution in [0.5, 0.6) is 0 Å². The van der Waals surface area contributed by atoms with Gasteiger partial charge in [-0.05, 0) is 50.1 Å². The number of rotatable bonds is 4. The van der Waals surface area contributed by atoms with Crippen molar-refractivity contribution in [3.8, 4) is 0 Å². The molecule has 1 fully saturated rings. The van der Waals surface area contributed by atoms with Crippen molar-refractivity contribution in [3.63, 3.8) is 0 Å². The van der Waals surface area contributed by atoms with Crippen LogP contribution in [-0.4, -0.2) is 19.3 Å². The Kier molecular flexibility index (Phi) is 4.11. The van der Waals surface area contributed by atoms with E-state index in [-0.39, 0.29) is 0 Å². The number of thiophene rings is 1. The van der Waals surface area contributed by atoms with Gasteiger partial charge in [-0.1, -0.05) is 18.2 Å². The average Bonchev–Trinajstić information content (AvgIpc) is 3.01. The maximum Gasteiger partial charge on any atom is 0.0588 e. The Balaban J connectivity index is 1.72. The third-order valence-corrected chi connectivity index (χ3v) is 5.95. The van der Waals surface area contributed by atoms with E-state index in [4.69, 9.17) is 4.74 Å². The number of benzene rings is 1. The molecule has 2 nitrogen and oxygen atoms in total. The lowest BCUT2D eigenvalue weighted by Gasteiger charge is -2.19. The van der Waals surface area contributed by atoms with Crippen molar-refractivity contribution in [2.45, 2.75) is 39.3 Å². The molecule has 2 heterocycles. The first kappa shape index (κ1) is 14.1. The Labute approximate surface area is 125 Å². The van der Waals surface area contributed by atoms with E-state index in [1.54, 1.807) is 0 Å². The molecule has 3 atom stereocenters. The van der Waals surface area contributed by atoms with Crippen molar-refractivity contribution in [1.29, 1.82) is 0 Å². The number of ether oxygens (including phenoxy) is 1. The van der Waals surface area contributed by atoms with E-state index in [0.29, 0.717) is 18.1 Å². The Morgan fingerprint density at radius 2 is 2.20 bits per heavy atom. The summed E-state index contributed by atoms with van der Waals surface area (Å²) in [4.78, 5) is 1.47. The summed E-state index contributed by atoms with van der Waals surface area (Å²) in [6, 6.07) is 9.11. The molecule has 20 heavy (non-hydrogen) atoms. The molecule has 0 amide bonds. The van der Waals surface area contributed by atoms with E-state index in [1.165, 1.54) is 26.9 Å². The smallest absolute Gasteiger partial charge is 0.0588 e. The summed E-state index contributed by atoms with van der Waals surface area (Å²) in [6.45, 7) is 8.68. The highest BCUT2D eigenvalue weighted by Gasteiger charge is 2.24. The van der Waals surface area contributed by atoms with E-state index in [1.807, 2.05) is 11.3 Å². The molecule has 0 aliphatic carbocycles. The molecule has 1 saturated heterocycles. The maximum absolute atomic E-state index is 5.64. The largest absolute Gasteiger partial charge is 0.378 e. The average molecular weight is 289 g/mol. The summed E-state index contributed by atoms with van der Waals surface area (Å²) in [5, 5.41) is 5.11. The summed E-state index contributed by atoms with van der Waals surface area (Å²) in [5.74, 6) is 0.659. The van der Waals surface area contributed by atoms with E-state index in [2.05, 4.69) is 50.4 Å². The lowest BCUT2D eigenvalue weighted by Crippen LogP contribution is -2.29. The van der Waals surface area contributed by atoms with Crippen LogP contribution in [-0.2, 0) is 4.74 Å². The highest BCUT2D eigenvalue weighted by Crippen LogP contribution is 2.34. The van der Waals surface area contributed by atoms with Crippen LogP contribution < -0.4 is 5.32 Å². The zero-order chi connectivity index (χ0) is 14.1. The topological polar surface area (TPSA) is 21.3 Å². The van der Waals surface area contributed by atoms with E-state index in [9.17, 15) is 0 Å². The molecule has 1 N–H and O–H groups in total. The van der Waals surface area contributed by atoms with Gasteiger partial charge in [0.15, 0.2) is 0 Å². The summed E-state index contributed by atoms with van der Waals surface area (Å²) in [7, 11) is 0. The minimum absolute atomic E-state index is 0.401. The Bertz CT molecular complexity index is 592. The summed E-state index contributed by atoms with van der Waals surface area (Å²) in [5.41, 5.74) is 1.43. The molecule has 0 bridgehead atoms. The Morgan fingerprint density at radius 3 is 2.90 bits per heavy atom. The highest BCUT2D eigenvalue weighted by molar-refractivity contribution is 7.19. The predicted octanol–water partition coefficient (Wildman–Crippen LogP) is 4.29. The lowest BCUT2D eigenvalue weighted by atomic mass is 10.0. The molecule has 1 aliphatic rings. The zero-order valence-corrected chi connectivity index (χ0v) is 13.3. The highest BCUT2D eigenvalue weighted by atomic mass is 32.1. The Hall–Kier alpha value is -0.900. The molecule has 1 aromatic heterocycles. The fraction of sp³-hybridized carbons (Fsp3) is 0.529. The van der Waals surface area contributed by atoms with Crippen LogP contribution in [0.2, 0.25) is 0 Å². The fourth-order valence-electron chi connectivity index (χ4n) is 3.07. The van der Waals surface area contributed by atoms with Crippen LogP contribution in [0.4, 0.5) is 0 Å². The van der Waals surface area contributed by atoms with Crippen molar-refractivity contribution in [2.24, 2.45) is 5.92 Å². The maximum atomic E-state index is 5.64. The predicted molar refractivity (Wildman–Crippen MR) is 86.5 cm³/mol. The number of nitrogens with one attached hydrogen (secondary N) is 1. The molecule has 3 unspecified atom stereocenters. The van der Waals surface area contributed by atoms with Crippen molar-refractivity contribution in [3.05, 3.63) is 34.7 Å². The van der Waals surface area contributed by atoms with Crippen molar-refractivity contribution in [2.75, 3.05) is 13.2 Å². The van der Waals surface area contributed by atoms with Gasteiger partial charge in [0.05, 0.1) is 6.10 Å². The van der Waals surface area contributed by atoms with Gasteiger partial charge in [0.2, 0.25) is 0 Å². The standard InChI is InChI=1S/C17H23NOS/c1-11-15-6-4-5-7-16(15)20-17(11)12(2)18-10-14-8-9-19-13(14)3/h4-7,12-14,18H,8-10H2,1-3H3. The second-order valence-electron chi connectivity index (χ2n) is 5.84. The minimum Gasteiger partial charge on any atom is -0.378 e. The van der Waals surface area contributed by atoms with E-state index in [0.717, 1.165) is 13.2 Å². The second-order valence-corrected chi connectivity index (χ2v) is 6.93. The number of fused-ring (bicyclic) bond motifs is 1. The molecule has 3 rings (SSSR count). The second kappa shape index (κ2) is 5.84. The van der Waals surface area contributed by atoms with Gasteiger partial charge in [-0.15, -0.1) is 11.3 Å². The molecule has 2 aromatic rings. The quantitative estimate of drug-likeness (QED) is 0.907. The summed E-state index contributed by atoms with van der Waals surface area (Å²) >= 11 is 1.92. The van der Waals surface area contributed by atoms with Crippen LogP contribution in [0.15, 0.2) is 24.3 Å². The Morgan fingerprint density at radius 1 is 1.40 bits per heavy atom. The van der Waals surface area contributed by atoms with Gasteiger partial charge < -0.3 is 10.1 Å². The first-order valence-corrected chi connectivity index (χ1v) is 8.31. The van der Waals surface area contributed by atoms with Crippen LogP contribution in [0.25, 0.3) is 10.1 Å². The molecule has 1 aromatic carbocycles. The van der Waals surface area contributed by atoms with Crippen molar-refractivity contribution >= 4 is 21.4 Å². The number of aryl methyl sites for hydroxylation is 1. The normalized spacial score (nSPS) is 24.4. The molecular weight excluding hydrogens is 266 g/mol. The SMILES string of the molecule is Cc1c(C(C)NCC2CCOC2C)sc2ccccc12. The van der Waals surface area contributed by atoms with Gasteiger partial charge in [-0.2, -0.15) is 0 Å². The van der Waals surface area contributed by atoms with E-state index >= 15 is 0 Å². The van der Waals surface area contributed by atoms with Gasteiger partial charge in [0.25, 0.3) is 0 Å². The molecule has 108 valence electrons. The molecule has 3 heteroatoms. The third-order valence-electron chi connectivity index (χ3n) is 4.49. The van der Waals surface area contributed by atoms with Gasteiger partial charge in [-0.25, -0.2) is 0 Å². The molecule has 0 radical (unpaired) electrons. The van der Waals surface area contributed by atoms with Crippen LogP contribution in [0.1, 0.15) is 36.8 Å². The van der Waals surface area contributed by atoms with Crippen molar-refractivity contribution < 1.29 is 4.74 Å². The number of hydrogen-bond donors (Lipinski definition) is 1. The first-order valence-electron chi connectivity index (χ1n) is 7.50. The third kappa shape index (κ3) is 2.62. The monoisotopic (exact) mass is 289 g/mol. The molecule has 1 aliphatic heterocycles. The van der Waals surface area contributed by atoms with Crippen LogP contribution in [0, 0.1) is 12.8 Å². The first-order chi connectivity index (χ1) is 9.66. The van der Waals surface area contributed by atoms with Gasteiger partial charge in [0.1, 0.15) is 0 Å². The van der Waals surface area contributed by atoms with Gasteiger partial charge in [-0.3, -0.25) is 0 Å². The van der Waals surface area contributed by atoms with Crippen LogP contribution in [0.3, 0.4) is 0 Å².